The minimum absolute atomic E-state index is 0.00800. The summed E-state index contributed by atoms with van der Waals surface area (Å²) in [6, 6.07) is 0. The van der Waals surface area contributed by atoms with Gasteiger partial charge in [0.25, 0.3) is 5.92 Å². The van der Waals surface area contributed by atoms with Crippen LogP contribution in [0, 0.1) is 5.92 Å². The Kier molecular flexibility index (Phi) is 8.42. The molecule has 2 rings (SSSR count). The summed E-state index contributed by atoms with van der Waals surface area (Å²) >= 11 is 1.36. The Morgan fingerprint density at radius 3 is 2.77 bits per heavy atom. The third-order valence-corrected chi connectivity index (χ3v) is 4.94. The Balaban J connectivity index is 2.27. The van der Waals surface area contributed by atoms with E-state index in [1.807, 2.05) is 0 Å². The number of hydrogen-bond acceptors (Lipinski definition) is 8. The van der Waals surface area contributed by atoms with Crippen molar-refractivity contribution in [1.82, 2.24) is 15.2 Å². The fourth-order valence-electron chi connectivity index (χ4n) is 3.12. The van der Waals surface area contributed by atoms with E-state index >= 15 is 0 Å². The van der Waals surface area contributed by atoms with Gasteiger partial charge in [-0.15, -0.1) is 11.3 Å². The minimum Gasteiger partial charge on any atom is -0.481 e. The Bertz CT molecular complexity index is 806. The molecule has 2 N–H and O–H groups in total. The van der Waals surface area contributed by atoms with E-state index in [1.54, 1.807) is 25.4 Å². The average molecular weight is 445 g/mol. The lowest BCUT2D eigenvalue weighted by Crippen LogP contribution is -2.43. The lowest BCUT2D eigenvalue weighted by atomic mass is 10.1. The molecular formula is C19H26F2N4O4S. The third kappa shape index (κ3) is 7.45. The van der Waals surface area contributed by atoms with Crippen LogP contribution in [0.2, 0.25) is 0 Å². The Hall–Kier alpha value is -2.40. The highest BCUT2D eigenvalue weighted by Crippen LogP contribution is 2.20. The number of esters is 1. The fraction of sp³-hybridized carbons (Fsp3) is 0.579. The maximum absolute atomic E-state index is 13.8. The van der Waals surface area contributed by atoms with E-state index < -0.39 is 24.4 Å². The number of thiazole rings is 1. The number of aliphatic imine (C=N–C) groups is 1. The van der Waals surface area contributed by atoms with Crippen molar-refractivity contribution in [3.05, 3.63) is 27.9 Å². The molecule has 11 heteroatoms. The van der Waals surface area contributed by atoms with Gasteiger partial charge in [0.15, 0.2) is 10.8 Å². The summed E-state index contributed by atoms with van der Waals surface area (Å²) in [5, 5.41) is 14.4. The van der Waals surface area contributed by atoms with E-state index in [0.717, 1.165) is 6.92 Å². The van der Waals surface area contributed by atoms with E-state index in [1.165, 1.54) is 16.2 Å². The highest BCUT2D eigenvalue weighted by Gasteiger charge is 2.30. The second-order valence-corrected chi connectivity index (χ2v) is 8.14. The number of hydrogen-bond donors (Lipinski definition) is 2. The van der Waals surface area contributed by atoms with Crippen molar-refractivity contribution in [2.75, 3.05) is 32.8 Å². The smallest absolute Gasteiger partial charge is 0.337 e. The number of aromatic nitrogens is 1. The number of carbonyl (C=O) groups is 2. The van der Waals surface area contributed by atoms with Gasteiger partial charge in [0.2, 0.25) is 0 Å². The largest absolute Gasteiger partial charge is 0.481 e. The van der Waals surface area contributed by atoms with Crippen LogP contribution >= 0.6 is 11.3 Å². The number of aliphatic carboxylic acids is 1. The molecule has 0 bridgehead atoms. The molecule has 30 heavy (non-hydrogen) atoms. The molecular weight excluding hydrogens is 418 g/mol. The van der Waals surface area contributed by atoms with E-state index in [4.69, 9.17) is 9.84 Å². The van der Waals surface area contributed by atoms with E-state index in [-0.39, 0.29) is 44.2 Å². The molecule has 2 heterocycles. The van der Waals surface area contributed by atoms with Gasteiger partial charge in [0.05, 0.1) is 25.3 Å². The van der Waals surface area contributed by atoms with Gasteiger partial charge in [0, 0.05) is 43.7 Å². The van der Waals surface area contributed by atoms with Crippen LogP contribution in [0.15, 0.2) is 27.8 Å². The van der Waals surface area contributed by atoms with Crippen molar-refractivity contribution in [1.29, 1.82) is 0 Å². The molecule has 1 atom stereocenters. The summed E-state index contributed by atoms with van der Waals surface area (Å²) in [4.78, 5) is 33.3. The van der Waals surface area contributed by atoms with Crippen molar-refractivity contribution >= 4 is 29.1 Å². The van der Waals surface area contributed by atoms with Gasteiger partial charge in [-0.2, -0.15) is 0 Å². The van der Waals surface area contributed by atoms with Gasteiger partial charge in [-0.1, -0.05) is 6.92 Å². The standard InChI is InChI=1S/C19H26F2N4O4S/c1-4-29-18(28)13-8-23-16(17-22-5-6-30-17)24-14(13)10-25(11-19(3,20)21)9-12(2)7-15(26)27/h5-6,12H,4,7-11H2,1-3H3,(H,23,24)(H,26,27). The molecule has 0 spiro atoms. The van der Waals surface area contributed by atoms with Crippen LogP contribution in [0.1, 0.15) is 32.2 Å². The normalized spacial score (nSPS) is 15.6. The molecule has 1 aliphatic heterocycles. The highest BCUT2D eigenvalue weighted by molar-refractivity contribution is 7.11. The van der Waals surface area contributed by atoms with E-state index in [2.05, 4.69) is 15.3 Å². The molecule has 0 fully saturated rings. The first kappa shape index (κ1) is 23.9. The zero-order chi connectivity index (χ0) is 22.3. The Morgan fingerprint density at radius 1 is 1.47 bits per heavy atom. The minimum atomic E-state index is -2.99. The van der Waals surface area contributed by atoms with Crippen molar-refractivity contribution in [3.63, 3.8) is 0 Å². The van der Waals surface area contributed by atoms with Crippen molar-refractivity contribution in [3.8, 4) is 0 Å². The van der Waals surface area contributed by atoms with Crippen molar-refractivity contribution in [2.24, 2.45) is 10.9 Å². The van der Waals surface area contributed by atoms with Crippen LogP contribution in [0.25, 0.3) is 0 Å². The van der Waals surface area contributed by atoms with Gasteiger partial charge < -0.3 is 15.2 Å². The zero-order valence-electron chi connectivity index (χ0n) is 17.2. The van der Waals surface area contributed by atoms with Crippen molar-refractivity contribution in [2.45, 2.75) is 33.1 Å². The van der Waals surface area contributed by atoms with Gasteiger partial charge in [-0.05, 0) is 12.8 Å². The summed E-state index contributed by atoms with van der Waals surface area (Å²) in [6.07, 6.45) is 1.47. The number of nitrogens with one attached hydrogen (secondary N) is 1. The molecule has 8 nitrogen and oxygen atoms in total. The number of carboxylic acids is 1. The summed E-state index contributed by atoms with van der Waals surface area (Å²) in [5.41, 5.74) is 0.660. The van der Waals surface area contributed by atoms with Crippen LogP contribution in [-0.2, 0) is 14.3 Å². The molecule has 0 aliphatic carbocycles. The maximum atomic E-state index is 13.8. The van der Waals surface area contributed by atoms with Gasteiger partial charge in [-0.25, -0.2) is 18.6 Å². The van der Waals surface area contributed by atoms with E-state index in [9.17, 15) is 18.4 Å². The second-order valence-electron chi connectivity index (χ2n) is 7.25. The molecule has 0 saturated heterocycles. The quantitative estimate of drug-likeness (QED) is 0.505. The molecule has 0 aromatic carbocycles. The average Bonchev–Trinajstić information content (AvgIpc) is 3.14. The zero-order valence-corrected chi connectivity index (χ0v) is 18.0. The molecule has 0 saturated carbocycles. The SMILES string of the molecule is CCOC(=O)C1=C(CN(CC(C)CC(=O)O)CC(C)(F)F)NC(c2nccs2)=NC1. The topological polar surface area (TPSA) is 104 Å². The van der Waals surface area contributed by atoms with Crippen LogP contribution in [0.4, 0.5) is 8.78 Å². The van der Waals surface area contributed by atoms with Crippen LogP contribution in [0.5, 0.6) is 0 Å². The summed E-state index contributed by atoms with van der Waals surface area (Å²) in [5.74, 6) is -4.45. The molecule has 0 amide bonds. The first-order valence-corrected chi connectivity index (χ1v) is 10.4. The number of carboxylic acid groups (broad SMARTS) is 1. The van der Waals surface area contributed by atoms with E-state index in [0.29, 0.717) is 16.5 Å². The predicted molar refractivity (Wildman–Crippen MR) is 109 cm³/mol. The Morgan fingerprint density at radius 2 is 2.20 bits per heavy atom. The third-order valence-electron chi connectivity index (χ3n) is 4.16. The number of alkyl halides is 2. The summed E-state index contributed by atoms with van der Waals surface area (Å²) in [6.45, 7) is 3.92. The number of ether oxygens (including phenoxy) is 1. The van der Waals surface area contributed by atoms with Gasteiger partial charge >= 0.3 is 11.9 Å². The molecule has 166 valence electrons. The number of rotatable bonds is 11. The van der Waals surface area contributed by atoms with Crippen LogP contribution in [-0.4, -0.2) is 71.5 Å². The lowest BCUT2D eigenvalue weighted by Gasteiger charge is -2.30. The van der Waals surface area contributed by atoms with Gasteiger partial charge in [0.1, 0.15) is 0 Å². The summed E-state index contributed by atoms with van der Waals surface area (Å²) < 4.78 is 32.7. The second kappa shape index (κ2) is 10.6. The molecule has 1 aromatic heterocycles. The highest BCUT2D eigenvalue weighted by atomic mass is 32.1. The predicted octanol–water partition coefficient (Wildman–Crippen LogP) is 2.38. The maximum Gasteiger partial charge on any atom is 0.337 e. The lowest BCUT2D eigenvalue weighted by molar-refractivity contribution is -0.139. The van der Waals surface area contributed by atoms with Crippen LogP contribution < -0.4 is 5.32 Å². The number of nitrogens with zero attached hydrogens (tertiary/aromatic N) is 3. The first-order chi connectivity index (χ1) is 14.1. The molecule has 0 radical (unpaired) electrons. The number of amidine groups is 1. The molecule has 1 unspecified atom stereocenters. The van der Waals surface area contributed by atoms with Crippen LogP contribution in [0.3, 0.4) is 0 Å². The molecule has 1 aliphatic rings. The monoisotopic (exact) mass is 444 g/mol. The molecule has 1 aromatic rings. The van der Waals surface area contributed by atoms with Crippen molar-refractivity contribution < 1.29 is 28.2 Å². The number of halogens is 2. The Labute approximate surface area is 177 Å². The van der Waals surface area contributed by atoms with Gasteiger partial charge in [-0.3, -0.25) is 14.7 Å². The summed E-state index contributed by atoms with van der Waals surface area (Å²) in [7, 11) is 0. The number of carbonyl (C=O) groups excluding carboxylic acids is 1. The fourth-order valence-corrected chi connectivity index (χ4v) is 3.72. The first-order valence-electron chi connectivity index (χ1n) is 9.51.